The molecule has 7 nitrogen and oxygen atoms in total. The first kappa shape index (κ1) is 14.0. The van der Waals surface area contributed by atoms with Crippen LogP contribution in [0.5, 0.6) is 5.75 Å². The minimum atomic E-state index is -0.134. The Morgan fingerprint density at radius 1 is 1.33 bits per heavy atom. The quantitative estimate of drug-likeness (QED) is 0.906. The second kappa shape index (κ2) is 5.07. The Balaban J connectivity index is 1.58. The Kier molecular flexibility index (Phi) is 2.97. The lowest BCUT2D eigenvalue weighted by Crippen LogP contribution is -2.26. The van der Waals surface area contributed by atoms with E-state index in [1.54, 1.807) is 11.8 Å². The minimum absolute atomic E-state index is 0.0639. The van der Waals surface area contributed by atoms with Gasteiger partial charge < -0.3 is 10.1 Å². The van der Waals surface area contributed by atoms with Crippen LogP contribution >= 0.6 is 11.8 Å². The molecule has 2 aliphatic heterocycles. The molecule has 3 aliphatic rings. The molecular formula is C16H15N5O2S. The molecule has 8 heteroatoms. The van der Waals surface area contributed by atoms with Gasteiger partial charge in [0.25, 0.3) is 5.91 Å². The van der Waals surface area contributed by atoms with Crippen LogP contribution in [0.4, 0.5) is 5.69 Å². The van der Waals surface area contributed by atoms with Crippen molar-refractivity contribution in [2.45, 2.75) is 36.1 Å². The van der Waals surface area contributed by atoms with Gasteiger partial charge in [-0.25, -0.2) is 0 Å². The highest BCUT2D eigenvalue weighted by Crippen LogP contribution is 2.42. The molecule has 122 valence electrons. The Morgan fingerprint density at radius 2 is 2.21 bits per heavy atom. The molecule has 1 amide bonds. The summed E-state index contributed by atoms with van der Waals surface area (Å²) >= 11 is 1.66. The number of carbonyl (C=O) groups excluding carboxylic acids is 1. The zero-order valence-electron chi connectivity index (χ0n) is 13.0. The molecule has 2 aromatic rings. The van der Waals surface area contributed by atoms with E-state index in [2.05, 4.69) is 22.4 Å². The first-order chi connectivity index (χ1) is 11.7. The number of amides is 1. The van der Waals surface area contributed by atoms with Crippen molar-refractivity contribution in [2.75, 3.05) is 11.9 Å². The molecule has 0 bridgehead atoms. The van der Waals surface area contributed by atoms with Gasteiger partial charge in [-0.15, -0.1) is 10.2 Å². The largest absolute Gasteiger partial charge is 0.482 e. The number of thioether (sulfide) groups is 1. The predicted octanol–water partition coefficient (Wildman–Crippen LogP) is 2.23. The number of aromatic nitrogens is 3. The van der Waals surface area contributed by atoms with E-state index in [-0.39, 0.29) is 17.8 Å². The summed E-state index contributed by atoms with van der Waals surface area (Å²) in [6.45, 7) is 2.17. The molecule has 0 radical (unpaired) electrons. The van der Waals surface area contributed by atoms with Crippen molar-refractivity contribution in [2.24, 2.45) is 5.10 Å². The van der Waals surface area contributed by atoms with Crippen LogP contribution in [0.2, 0.25) is 0 Å². The van der Waals surface area contributed by atoms with Gasteiger partial charge in [0, 0.05) is 11.5 Å². The van der Waals surface area contributed by atoms with Crippen LogP contribution in [0, 0.1) is 0 Å². The van der Waals surface area contributed by atoms with Crippen molar-refractivity contribution in [3.63, 3.8) is 0 Å². The summed E-state index contributed by atoms with van der Waals surface area (Å²) in [7, 11) is 0. The van der Waals surface area contributed by atoms with Crippen molar-refractivity contribution in [1.82, 2.24) is 14.9 Å². The fourth-order valence-electron chi connectivity index (χ4n) is 2.98. The van der Waals surface area contributed by atoms with Crippen LogP contribution in [0.1, 0.15) is 37.1 Å². The molecule has 24 heavy (non-hydrogen) atoms. The van der Waals surface area contributed by atoms with Crippen molar-refractivity contribution >= 4 is 29.1 Å². The molecule has 1 atom stereocenters. The number of nitrogens with one attached hydrogen (secondary N) is 1. The maximum atomic E-state index is 11.5. The van der Waals surface area contributed by atoms with Crippen LogP contribution in [0.3, 0.4) is 0 Å². The van der Waals surface area contributed by atoms with E-state index in [9.17, 15) is 4.79 Å². The maximum Gasteiger partial charge on any atom is 0.262 e. The second-order valence-electron chi connectivity index (χ2n) is 6.22. The summed E-state index contributed by atoms with van der Waals surface area (Å²) in [6, 6.07) is 5.79. The number of hydrogen-bond acceptors (Lipinski definition) is 6. The number of nitrogens with zero attached hydrogens (tertiary/aromatic N) is 4. The molecule has 5 rings (SSSR count). The number of carbonyl (C=O) groups is 1. The predicted molar refractivity (Wildman–Crippen MR) is 89.8 cm³/mol. The number of rotatable bonds is 2. The van der Waals surface area contributed by atoms with Gasteiger partial charge >= 0.3 is 0 Å². The first-order valence-corrected chi connectivity index (χ1v) is 8.85. The number of fused-ring (bicyclic) bond motifs is 2. The van der Waals surface area contributed by atoms with Crippen LogP contribution in [-0.2, 0) is 4.79 Å². The van der Waals surface area contributed by atoms with E-state index in [4.69, 9.17) is 9.84 Å². The van der Waals surface area contributed by atoms with E-state index in [1.807, 2.05) is 22.9 Å². The highest BCUT2D eigenvalue weighted by Gasteiger charge is 2.34. The molecule has 1 unspecified atom stereocenters. The second-order valence-corrected chi connectivity index (χ2v) is 7.53. The Hall–Kier alpha value is -2.35. The molecule has 1 aromatic carbocycles. The van der Waals surface area contributed by atoms with Gasteiger partial charge in [0.15, 0.2) is 12.4 Å². The number of ether oxygens (including phenoxy) is 1. The van der Waals surface area contributed by atoms with Crippen molar-refractivity contribution in [3.8, 4) is 5.75 Å². The average Bonchev–Trinajstić information content (AvgIpc) is 3.34. The van der Waals surface area contributed by atoms with Gasteiger partial charge in [-0.05, 0) is 38.0 Å². The zero-order valence-corrected chi connectivity index (χ0v) is 13.8. The summed E-state index contributed by atoms with van der Waals surface area (Å²) < 4.78 is 7.31. The van der Waals surface area contributed by atoms with E-state index in [1.165, 1.54) is 0 Å². The standard InChI is InChI=1S/C16H15N5O2S/c1-8-14(10-4-5-12-11(6-10)17-13(22)7-23-12)20-21-15(9-2-3-9)18-19-16(21)24-8/h4-6,8-9H,2-3,7H2,1H3,(H,17,22). The molecular weight excluding hydrogens is 326 g/mol. The molecule has 1 aromatic heterocycles. The Labute approximate surface area is 142 Å². The van der Waals surface area contributed by atoms with Gasteiger partial charge in [0.05, 0.1) is 16.6 Å². The SMILES string of the molecule is CC1Sc2nnc(C3CC3)n2N=C1c1ccc2c(c1)NC(=O)CO2. The van der Waals surface area contributed by atoms with Gasteiger partial charge in [-0.3, -0.25) is 4.79 Å². The van der Waals surface area contributed by atoms with Gasteiger partial charge in [-0.1, -0.05) is 11.8 Å². The molecule has 3 heterocycles. The Morgan fingerprint density at radius 3 is 3.04 bits per heavy atom. The Bertz CT molecular complexity index is 887. The number of hydrogen-bond donors (Lipinski definition) is 1. The van der Waals surface area contributed by atoms with E-state index < -0.39 is 0 Å². The third kappa shape index (κ3) is 2.21. The molecule has 1 saturated carbocycles. The zero-order chi connectivity index (χ0) is 16.3. The molecule has 0 spiro atoms. The van der Waals surface area contributed by atoms with Crippen LogP contribution in [0.25, 0.3) is 0 Å². The van der Waals surface area contributed by atoms with Crippen LogP contribution in [0.15, 0.2) is 28.5 Å². The van der Waals surface area contributed by atoms with Crippen molar-refractivity contribution < 1.29 is 9.53 Å². The number of benzene rings is 1. The summed E-state index contributed by atoms with van der Waals surface area (Å²) in [5.41, 5.74) is 2.62. The average molecular weight is 341 g/mol. The fourth-order valence-corrected chi connectivity index (χ4v) is 3.91. The highest BCUT2D eigenvalue weighted by atomic mass is 32.2. The lowest BCUT2D eigenvalue weighted by molar-refractivity contribution is -0.118. The maximum absolute atomic E-state index is 11.5. The third-order valence-electron chi connectivity index (χ3n) is 4.36. The number of anilines is 1. The lowest BCUT2D eigenvalue weighted by atomic mass is 10.1. The monoisotopic (exact) mass is 341 g/mol. The van der Waals surface area contributed by atoms with Gasteiger partial charge in [-0.2, -0.15) is 9.78 Å². The summed E-state index contributed by atoms with van der Waals surface area (Å²) in [4.78, 5) is 11.5. The summed E-state index contributed by atoms with van der Waals surface area (Å²) in [6.07, 6.45) is 2.32. The van der Waals surface area contributed by atoms with E-state index >= 15 is 0 Å². The van der Waals surface area contributed by atoms with Gasteiger partial charge in [0.1, 0.15) is 5.75 Å². The summed E-state index contributed by atoms with van der Waals surface area (Å²) in [5.74, 6) is 2.00. The fraction of sp³-hybridized carbons (Fsp3) is 0.375. The highest BCUT2D eigenvalue weighted by molar-refractivity contribution is 8.00. The lowest BCUT2D eigenvalue weighted by Gasteiger charge is -2.22. The molecule has 1 fully saturated rings. The van der Waals surface area contributed by atoms with E-state index in [0.717, 1.165) is 35.1 Å². The van der Waals surface area contributed by atoms with Crippen LogP contribution in [-0.4, -0.2) is 38.3 Å². The van der Waals surface area contributed by atoms with E-state index in [0.29, 0.717) is 17.4 Å². The molecule has 1 N–H and O–H groups in total. The molecule has 0 saturated heterocycles. The van der Waals surface area contributed by atoms with Crippen molar-refractivity contribution in [3.05, 3.63) is 29.6 Å². The van der Waals surface area contributed by atoms with Gasteiger partial charge in [0.2, 0.25) is 5.16 Å². The normalized spacial score (nSPS) is 22.1. The minimum Gasteiger partial charge on any atom is -0.482 e. The topological polar surface area (TPSA) is 81.4 Å². The van der Waals surface area contributed by atoms with Crippen molar-refractivity contribution in [1.29, 1.82) is 0 Å². The first-order valence-electron chi connectivity index (χ1n) is 7.97. The smallest absolute Gasteiger partial charge is 0.262 e. The van der Waals surface area contributed by atoms with Crippen LogP contribution < -0.4 is 10.1 Å². The molecule has 1 aliphatic carbocycles. The summed E-state index contributed by atoms with van der Waals surface area (Å²) in [5, 5.41) is 17.3. The third-order valence-corrected chi connectivity index (χ3v) is 5.40.